The van der Waals surface area contributed by atoms with Gasteiger partial charge in [-0.1, -0.05) is 0 Å². The van der Waals surface area contributed by atoms with Gasteiger partial charge in [0, 0.05) is 6.04 Å². The maximum Gasteiger partial charge on any atom is 0.307 e. The Kier molecular flexibility index (Phi) is 4.43. The summed E-state index contributed by atoms with van der Waals surface area (Å²) in [5.74, 6) is 2.75. The van der Waals surface area contributed by atoms with E-state index in [4.69, 9.17) is 4.74 Å². The predicted octanol–water partition coefficient (Wildman–Crippen LogP) is 2.35. The number of carbonyl (C=O) groups is 1. The van der Waals surface area contributed by atoms with Gasteiger partial charge in [-0.15, -0.1) is 0 Å². The average Bonchev–Trinajstić information content (AvgIpc) is 3.13. The number of carbonyl (C=O) groups excluding carboxylic acids is 1. The molecule has 0 aliphatic heterocycles. The average molecular weight is 239 g/mol. The number of esters is 1. The van der Waals surface area contributed by atoms with Crippen LogP contribution >= 0.6 is 0 Å². The summed E-state index contributed by atoms with van der Waals surface area (Å²) in [6, 6.07) is 0.244. The maximum atomic E-state index is 11.3. The van der Waals surface area contributed by atoms with E-state index in [9.17, 15) is 4.79 Å². The third kappa shape index (κ3) is 4.30. The van der Waals surface area contributed by atoms with Crippen LogP contribution in [0.15, 0.2) is 0 Å². The van der Waals surface area contributed by atoms with Crippen molar-refractivity contribution >= 4 is 5.97 Å². The predicted molar refractivity (Wildman–Crippen MR) is 67.7 cm³/mol. The van der Waals surface area contributed by atoms with Gasteiger partial charge in [0.15, 0.2) is 0 Å². The second-order valence-electron chi connectivity index (χ2n) is 5.66. The first-order valence-electron chi connectivity index (χ1n) is 7.09. The molecule has 0 aromatic carbocycles. The lowest BCUT2D eigenvalue weighted by molar-refractivity contribution is -0.143. The lowest BCUT2D eigenvalue weighted by Gasteiger charge is -2.19. The molecule has 0 heterocycles. The Balaban J connectivity index is 1.64. The van der Waals surface area contributed by atoms with E-state index in [0.29, 0.717) is 13.0 Å². The molecule has 0 bridgehead atoms. The summed E-state index contributed by atoms with van der Waals surface area (Å²) in [6.07, 6.45) is 6.20. The van der Waals surface area contributed by atoms with Gasteiger partial charge in [-0.3, -0.25) is 4.79 Å². The summed E-state index contributed by atoms with van der Waals surface area (Å²) in [5.41, 5.74) is 0. The van der Waals surface area contributed by atoms with E-state index in [-0.39, 0.29) is 12.0 Å². The third-order valence-corrected chi connectivity index (χ3v) is 3.94. The van der Waals surface area contributed by atoms with Crippen LogP contribution in [0.25, 0.3) is 0 Å². The van der Waals surface area contributed by atoms with E-state index in [1.54, 1.807) is 0 Å². The Morgan fingerprint density at radius 2 is 1.88 bits per heavy atom. The molecule has 1 N–H and O–H groups in total. The molecule has 0 aromatic heterocycles. The van der Waals surface area contributed by atoms with Gasteiger partial charge >= 0.3 is 5.97 Å². The molecule has 1 atom stereocenters. The number of hydrogen-bond donors (Lipinski definition) is 1. The smallest absolute Gasteiger partial charge is 0.307 e. The minimum absolute atomic E-state index is 0.0816. The first-order chi connectivity index (χ1) is 8.20. The van der Waals surface area contributed by atoms with E-state index >= 15 is 0 Å². The zero-order valence-corrected chi connectivity index (χ0v) is 11.1. The fourth-order valence-electron chi connectivity index (χ4n) is 2.65. The Morgan fingerprint density at radius 3 is 2.35 bits per heavy atom. The van der Waals surface area contributed by atoms with E-state index in [1.807, 2.05) is 6.92 Å². The van der Waals surface area contributed by atoms with Gasteiger partial charge < -0.3 is 10.1 Å². The molecule has 17 heavy (non-hydrogen) atoms. The van der Waals surface area contributed by atoms with Crippen molar-refractivity contribution in [1.29, 1.82) is 0 Å². The van der Waals surface area contributed by atoms with Crippen molar-refractivity contribution in [3.8, 4) is 0 Å². The van der Waals surface area contributed by atoms with Gasteiger partial charge in [0.1, 0.15) is 0 Å². The Bertz CT molecular complexity index is 247. The molecule has 0 spiro atoms. The second kappa shape index (κ2) is 5.85. The van der Waals surface area contributed by atoms with Gasteiger partial charge in [-0.25, -0.2) is 0 Å². The Hall–Kier alpha value is -0.570. The molecule has 98 valence electrons. The first kappa shape index (κ1) is 12.9. The van der Waals surface area contributed by atoms with Crippen molar-refractivity contribution in [2.24, 2.45) is 17.8 Å². The molecule has 2 rings (SSSR count). The maximum absolute atomic E-state index is 11.3. The molecule has 0 saturated heterocycles. The van der Waals surface area contributed by atoms with Crippen LogP contribution in [0.4, 0.5) is 0 Å². The van der Waals surface area contributed by atoms with Crippen LogP contribution in [0.5, 0.6) is 0 Å². The summed E-state index contributed by atoms with van der Waals surface area (Å²) in [5, 5.41) is 3.51. The molecule has 1 unspecified atom stereocenters. The van der Waals surface area contributed by atoms with Crippen molar-refractivity contribution in [1.82, 2.24) is 5.32 Å². The summed E-state index contributed by atoms with van der Waals surface area (Å²) < 4.78 is 4.96. The SMILES string of the molecule is CCOC(=O)CC(C)NCC(C1CC1)C1CC1. The van der Waals surface area contributed by atoms with Gasteiger partial charge in [-0.2, -0.15) is 0 Å². The highest BCUT2D eigenvalue weighted by atomic mass is 16.5. The molecular formula is C14H25NO2. The lowest BCUT2D eigenvalue weighted by atomic mass is 9.97. The Labute approximate surface area is 104 Å². The number of hydrogen-bond acceptors (Lipinski definition) is 3. The molecule has 0 amide bonds. The van der Waals surface area contributed by atoms with Gasteiger partial charge in [0.05, 0.1) is 13.0 Å². The minimum atomic E-state index is -0.0816. The highest BCUT2D eigenvalue weighted by Gasteiger charge is 2.41. The topological polar surface area (TPSA) is 38.3 Å². The molecule has 3 nitrogen and oxygen atoms in total. The molecule has 0 aromatic rings. The van der Waals surface area contributed by atoms with Crippen LogP contribution in [0, 0.1) is 17.8 Å². The third-order valence-electron chi connectivity index (χ3n) is 3.94. The minimum Gasteiger partial charge on any atom is -0.466 e. The van der Waals surface area contributed by atoms with Crippen molar-refractivity contribution in [3.63, 3.8) is 0 Å². The van der Waals surface area contributed by atoms with Crippen molar-refractivity contribution in [3.05, 3.63) is 0 Å². The Morgan fingerprint density at radius 1 is 1.29 bits per heavy atom. The highest BCUT2D eigenvalue weighted by molar-refractivity contribution is 5.69. The summed E-state index contributed by atoms with van der Waals surface area (Å²) in [7, 11) is 0. The van der Waals surface area contributed by atoms with Gasteiger partial charge in [0.25, 0.3) is 0 Å². The van der Waals surface area contributed by atoms with Crippen LogP contribution in [0.3, 0.4) is 0 Å². The quantitative estimate of drug-likeness (QED) is 0.661. The number of rotatable bonds is 8. The van der Waals surface area contributed by atoms with E-state index in [1.165, 1.54) is 25.7 Å². The fraction of sp³-hybridized carbons (Fsp3) is 0.929. The van der Waals surface area contributed by atoms with Gasteiger partial charge in [-0.05, 0) is 63.8 Å². The summed E-state index contributed by atoms with van der Waals surface area (Å²) in [6.45, 7) is 5.51. The number of ether oxygens (including phenoxy) is 1. The van der Waals surface area contributed by atoms with Crippen molar-refractivity contribution in [2.45, 2.75) is 52.0 Å². The summed E-state index contributed by atoms with van der Waals surface area (Å²) >= 11 is 0. The van der Waals surface area contributed by atoms with Crippen LogP contribution in [0.2, 0.25) is 0 Å². The van der Waals surface area contributed by atoms with Crippen LogP contribution in [0.1, 0.15) is 46.0 Å². The second-order valence-corrected chi connectivity index (χ2v) is 5.66. The van der Waals surface area contributed by atoms with E-state index in [2.05, 4.69) is 12.2 Å². The first-order valence-corrected chi connectivity index (χ1v) is 7.09. The molecule has 3 heteroatoms. The summed E-state index contributed by atoms with van der Waals surface area (Å²) in [4.78, 5) is 11.3. The zero-order chi connectivity index (χ0) is 12.3. The van der Waals surface area contributed by atoms with E-state index in [0.717, 1.165) is 24.3 Å². The molecule has 2 saturated carbocycles. The normalized spacial score (nSPS) is 21.6. The molecular weight excluding hydrogens is 214 g/mol. The van der Waals surface area contributed by atoms with Crippen LogP contribution in [-0.2, 0) is 9.53 Å². The molecule has 2 fully saturated rings. The largest absolute Gasteiger partial charge is 0.466 e. The van der Waals surface area contributed by atoms with Crippen LogP contribution < -0.4 is 5.32 Å². The van der Waals surface area contributed by atoms with Crippen molar-refractivity contribution in [2.75, 3.05) is 13.2 Å². The standard InChI is InChI=1S/C14H25NO2/c1-3-17-14(16)8-10(2)15-9-13(11-4-5-11)12-6-7-12/h10-13,15H,3-9H2,1-2H3. The van der Waals surface area contributed by atoms with Crippen LogP contribution in [-0.4, -0.2) is 25.2 Å². The van der Waals surface area contributed by atoms with E-state index < -0.39 is 0 Å². The molecule has 0 radical (unpaired) electrons. The fourth-order valence-corrected chi connectivity index (χ4v) is 2.65. The van der Waals surface area contributed by atoms with Crippen molar-refractivity contribution < 1.29 is 9.53 Å². The monoisotopic (exact) mass is 239 g/mol. The highest BCUT2D eigenvalue weighted by Crippen LogP contribution is 2.48. The lowest BCUT2D eigenvalue weighted by Crippen LogP contribution is -2.34. The molecule has 2 aliphatic rings. The molecule has 2 aliphatic carbocycles. The zero-order valence-electron chi connectivity index (χ0n) is 11.1. The van der Waals surface area contributed by atoms with Gasteiger partial charge in [0.2, 0.25) is 0 Å². The number of nitrogens with one attached hydrogen (secondary N) is 1.